The van der Waals surface area contributed by atoms with E-state index < -0.39 is 0 Å². The zero-order valence-corrected chi connectivity index (χ0v) is 12.7. The lowest BCUT2D eigenvalue weighted by Crippen LogP contribution is -1.92. The molecule has 0 spiro atoms. The number of unbranched alkanes of at least 4 members (excludes halogenated alkanes) is 9. The number of rotatable bonds is 11. The topological polar surface area (TPSA) is 0 Å². The van der Waals surface area contributed by atoms with Crippen LogP contribution in [0.3, 0.4) is 0 Å². The van der Waals surface area contributed by atoms with Gasteiger partial charge in [-0.3, -0.25) is 0 Å². The van der Waals surface area contributed by atoms with Crippen LogP contribution in [0.1, 0.15) is 103 Å². The summed E-state index contributed by atoms with van der Waals surface area (Å²) in [5, 5.41) is 0. The minimum absolute atomic E-state index is 1.35. The Morgan fingerprint density at radius 1 is 0.778 bits per heavy atom. The highest BCUT2D eigenvalue weighted by Crippen LogP contribution is 2.22. The third-order valence-electron chi connectivity index (χ3n) is 4.24. The Balaban J connectivity index is 1.77. The Bertz CT molecular complexity index is 202. The Labute approximate surface area is 115 Å². The van der Waals surface area contributed by atoms with E-state index >= 15 is 0 Å². The van der Waals surface area contributed by atoms with Crippen LogP contribution in [0, 0.1) is 0 Å². The summed E-state index contributed by atoms with van der Waals surface area (Å²) in [6, 6.07) is 0. The van der Waals surface area contributed by atoms with Crippen molar-refractivity contribution >= 4 is 0 Å². The van der Waals surface area contributed by atoms with Gasteiger partial charge in [0.1, 0.15) is 0 Å². The van der Waals surface area contributed by atoms with Crippen LogP contribution in [0.4, 0.5) is 0 Å². The fourth-order valence-electron chi connectivity index (χ4n) is 2.97. The van der Waals surface area contributed by atoms with E-state index in [2.05, 4.69) is 13.0 Å². The fourth-order valence-corrected chi connectivity index (χ4v) is 2.97. The summed E-state index contributed by atoms with van der Waals surface area (Å²) in [7, 11) is 0. The average molecular weight is 250 g/mol. The summed E-state index contributed by atoms with van der Waals surface area (Å²) in [6.45, 7) is 2.29. The molecule has 0 bridgehead atoms. The monoisotopic (exact) mass is 250 g/mol. The van der Waals surface area contributed by atoms with E-state index in [-0.39, 0.29) is 0 Å². The predicted octanol–water partition coefficient (Wildman–Crippen LogP) is 6.80. The van der Waals surface area contributed by atoms with E-state index in [4.69, 9.17) is 0 Å². The summed E-state index contributed by atoms with van der Waals surface area (Å²) in [4.78, 5) is 0. The third kappa shape index (κ3) is 8.78. The second-order valence-corrected chi connectivity index (χ2v) is 6.04. The third-order valence-corrected chi connectivity index (χ3v) is 4.24. The molecule has 0 saturated carbocycles. The molecule has 0 radical (unpaired) electrons. The van der Waals surface area contributed by atoms with Crippen molar-refractivity contribution in [2.75, 3.05) is 0 Å². The van der Waals surface area contributed by atoms with Gasteiger partial charge in [0.2, 0.25) is 0 Å². The van der Waals surface area contributed by atoms with E-state index in [9.17, 15) is 0 Å². The molecule has 0 unspecified atom stereocenters. The SMILES string of the molecule is CCCCCCCCCCCCC1=CCCCC1. The molecule has 1 aliphatic rings. The first-order valence-corrected chi connectivity index (χ1v) is 8.61. The van der Waals surface area contributed by atoms with Crippen LogP contribution in [-0.2, 0) is 0 Å². The lowest BCUT2D eigenvalue weighted by atomic mass is 9.95. The van der Waals surface area contributed by atoms with Gasteiger partial charge in [-0.1, -0.05) is 76.4 Å². The standard InChI is InChI=1S/C18H34/c1-2-3-4-5-6-7-8-9-10-12-15-18-16-13-11-14-17-18/h16H,2-15,17H2,1H3. The van der Waals surface area contributed by atoms with E-state index in [1.165, 1.54) is 96.3 Å². The molecule has 0 aromatic carbocycles. The second kappa shape index (κ2) is 11.8. The minimum atomic E-state index is 1.35. The van der Waals surface area contributed by atoms with Crippen LogP contribution in [0.2, 0.25) is 0 Å². The van der Waals surface area contributed by atoms with Gasteiger partial charge in [-0.2, -0.15) is 0 Å². The molecule has 1 rings (SSSR count). The van der Waals surface area contributed by atoms with Gasteiger partial charge >= 0.3 is 0 Å². The molecule has 0 fully saturated rings. The largest absolute Gasteiger partial charge is 0.0853 e. The average Bonchev–Trinajstić information content (AvgIpc) is 2.42. The van der Waals surface area contributed by atoms with E-state index in [0.717, 1.165) is 0 Å². The Hall–Kier alpha value is -0.260. The molecule has 1 aliphatic carbocycles. The molecular formula is C18H34. The molecule has 0 aromatic rings. The first-order chi connectivity index (χ1) is 8.93. The maximum absolute atomic E-state index is 2.51. The summed E-state index contributed by atoms with van der Waals surface area (Å²) >= 11 is 0. The molecule has 0 heteroatoms. The lowest BCUT2D eigenvalue weighted by Gasteiger charge is -2.12. The van der Waals surface area contributed by atoms with Gasteiger partial charge in [0.05, 0.1) is 0 Å². The molecule has 0 aromatic heterocycles. The summed E-state index contributed by atoms with van der Waals surface area (Å²) < 4.78 is 0. The van der Waals surface area contributed by atoms with Crippen molar-refractivity contribution in [3.05, 3.63) is 11.6 Å². The quantitative estimate of drug-likeness (QED) is 0.279. The van der Waals surface area contributed by atoms with Crippen LogP contribution in [0.25, 0.3) is 0 Å². The summed E-state index contributed by atoms with van der Waals surface area (Å²) in [5.41, 5.74) is 1.76. The fraction of sp³-hybridized carbons (Fsp3) is 0.889. The molecule has 0 heterocycles. The Morgan fingerprint density at radius 3 is 1.94 bits per heavy atom. The smallest absolute Gasteiger partial charge is 0.0320 e. The second-order valence-electron chi connectivity index (χ2n) is 6.04. The summed E-state index contributed by atoms with van der Waals surface area (Å²) in [5.74, 6) is 0. The molecule has 0 aliphatic heterocycles. The maximum atomic E-state index is 2.51. The van der Waals surface area contributed by atoms with Gasteiger partial charge in [0.15, 0.2) is 0 Å². The van der Waals surface area contributed by atoms with Crippen molar-refractivity contribution in [3.63, 3.8) is 0 Å². The van der Waals surface area contributed by atoms with Crippen molar-refractivity contribution in [2.24, 2.45) is 0 Å². The highest BCUT2D eigenvalue weighted by molar-refractivity contribution is 5.04. The first-order valence-electron chi connectivity index (χ1n) is 8.61. The normalized spacial score (nSPS) is 15.7. The zero-order chi connectivity index (χ0) is 12.9. The molecule has 106 valence electrons. The molecular weight excluding hydrogens is 216 g/mol. The summed E-state index contributed by atoms with van der Waals surface area (Å²) in [6.07, 6.45) is 24.1. The van der Waals surface area contributed by atoms with Crippen LogP contribution in [0.5, 0.6) is 0 Å². The van der Waals surface area contributed by atoms with Crippen LogP contribution in [0.15, 0.2) is 11.6 Å². The highest BCUT2D eigenvalue weighted by atomic mass is 14.1. The minimum Gasteiger partial charge on any atom is -0.0853 e. The number of hydrogen-bond acceptors (Lipinski definition) is 0. The van der Waals surface area contributed by atoms with Crippen LogP contribution < -0.4 is 0 Å². The lowest BCUT2D eigenvalue weighted by molar-refractivity contribution is 0.551. The molecule has 0 saturated heterocycles. The van der Waals surface area contributed by atoms with E-state index in [1.807, 2.05) is 0 Å². The van der Waals surface area contributed by atoms with E-state index in [0.29, 0.717) is 0 Å². The van der Waals surface area contributed by atoms with E-state index in [1.54, 1.807) is 5.57 Å². The highest BCUT2D eigenvalue weighted by Gasteiger charge is 2.02. The van der Waals surface area contributed by atoms with Gasteiger partial charge in [-0.05, 0) is 38.5 Å². The maximum Gasteiger partial charge on any atom is -0.0320 e. The van der Waals surface area contributed by atoms with Crippen molar-refractivity contribution < 1.29 is 0 Å². The van der Waals surface area contributed by atoms with Crippen LogP contribution in [-0.4, -0.2) is 0 Å². The van der Waals surface area contributed by atoms with Gasteiger partial charge in [0, 0.05) is 0 Å². The van der Waals surface area contributed by atoms with Crippen LogP contribution >= 0.6 is 0 Å². The number of hydrogen-bond donors (Lipinski definition) is 0. The Kier molecular flexibility index (Phi) is 10.4. The molecule has 0 amide bonds. The van der Waals surface area contributed by atoms with Gasteiger partial charge < -0.3 is 0 Å². The number of allylic oxidation sites excluding steroid dienone is 2. The van der Waals surface area contributed by atoms with Gasteiger partial charge in [-0.25, -0.2) is 0 Å². The van der Waals surface area contributed by atoms with Crippen molar-refractivity contribution in [1.82, 2.24) is 0 Å². The molecule has 0 N–H and O–H groups in total. The predicted molar refractivity (Wildman–Crippen MR) is 83.0 cm³/mol. The van der Waals surface area contributed by atoms with Crippen molar-refractivity contribution in [2.45, 2.75) is 103 Å². The molecule has 18 heavy (non-hydrogen) atoms. The first kappa shape index (κ1) is 15.8. The van der Waals surface area contributed by atoms with Gasteiger partial charge in [-0.15, -0.1) is 0 Å². The van der Waals surface area contributed by atoms with Gasteiger partial charge in [0.25, 0.3) is 0 Å². The zero-order valence-electron chi connectivity index (χ0n) is 12.7. The van der Waals surface area contributed by atoms with Crippen molar-refractivity contribution in [3.8, 4) is 0 Å². The van der Waals surface area contributed by atoms with Crippen molar-refractivity contribution in [1.29, 1.82) is 0 Å². The molecule has 0 nitrogen and oxygen atoms in total. The Morgan fingerprint density at radius 2 is 1.39 bits per heavy atom. The molecule has 0 atom stereocenters.